The zero-order valence-electron chi connectivity index (χ0n) is 11.1. The molecule has 1 fully saturated rings. The molecule has 0 radical (unpaired) electrons. The average Bonchev–Trinajstić information content (AvgIpc) is 2.13. The van der Waals surface area contributed by atoms with Crippen LogP contribution in [0.5, 0.6) is 0 Å². The van der Waals surface area contributed by atoms with E-state index in [-0.39, 0.29) is 12.4 Å². The second kappa shape index (κ2) is 7.49. The van der Waals surface area contributed by atoms with E-state index in [1.54, 1.807) is 0 Å². The van der Waals surface area contributed by atoms with Gasteiger partial charge in [0, 0.05) is 32.2 Å². The van der Waals surface area contributed by atoms with E-state index < -0.39 is 0 Å². The van der Waals surface area contributed by atoms with Crippen LogP contribution in [-0.2, 0) is 4.74 Å². The Bertz CT molecular complexity index is 182. The van der Waals surface area contributed by atoms with E-state index >= 15 is 0 Å². The maximum atomic E-state index is 5.41. The van der Waals surface area contributed by atoms with E-state index in [0.29, 0.717) is 11.5 Å². The van der Waals surface area contributed by atoms with Gasteiger partial charge in [0.05, 0.1) is 13.2 Å². The summed E-state index contributed by atoms with van der Waals surface area (Å²) in [4.78, 5) is 2.50. The monoisotopic (exact) mass is 250 g/mol. The lowest BCUT2D eigenvalue weighted by Crippen LogP contribution is -2.46. The van der Waals surface area contributed by atoms with Gasteiger partial charge >= 0.3 is 0 Å². The number of ether oxygens (including phenoxy) is 1. The van der Waals surface area contributed by atoms with Gasteiger partial charge in [0.25, 0.3) is 0 Å². The molecule has 0 amide bonds. The summed E-state index contributed by atoms with van der Waals surface area (Å²) in [5.41, 5.74) is 0.386. The first-order valence-electron chi connectivity index (χ1n) is 6.01. The smallest absolute Gasteiger partial charge is 0.0619 e. The van der Waals surface area contributed by atoms with Gasteiger partial charge in [-0.15, -0.1) is 12.4 Å². The number of nitrogens with zero attached hydrogens (tertiary/aromatic N) is 1. The molecule has 3 nitrogen and oxygen atoms in total. The number of hydrogen-bond acceptors (Lipinski definition) is 3. The molecule has 0 aromatic heterocycles. The maximum Gasteiger partial charge on any atom is 0.0619 e. The van der Waals surface area contributed by atoms with Crippen LogP contribution in [0.2, 0.25) is 0 Å². The minimum atomic E-state index is 0. The Morgan fingerprint density at radius 2 is 2.06 bits per heavy atom. The van der Waals surface area contributed by atoms with Crippen molar-refractivity contribution >= 4 is 12.4 Å². The lowest BCUT2D eigenvalue weighted by atomic mass is 9.97. The van der Waals surface area contributed by atoms with E-state index in [1.807, 2.05) is 0 Å². The molecule has 1 rings (SSSR count). The molecule has 0 aliphatic carbocycles. The first-order valence-corrected chi connectivity index (χ1v) is 6.01. The van der Waals surface area contributed by atoms with Gasteiger partial charge < -0.3 is 10.1 Å². The highest BCUT2D eigenvalue weighted by Gasteiger charge is 2.18. The Hall–Kier alpha value is 0.170. The largest absolute Gasteiger partial charge is 0.379 e. The van der Waals surface area contributed by atoms with Crippen LogP contribution in [0.1, 0.15) is 27.7 Å². The average molecular weight is 251 g/mol. The van der Waals surface area contributed by atoms with Crippen molar-refractivity contribution in [2.24, 2.45) is 5.41 Å². The molecule has 1 aliphatic rings. The van der Waals surface area contributed by atoms with Gasteiger partial charge in [-0.2, -0.15) is 0 Å². The fraction of sp³-hybridized carbons (Fsp3) is 1.00. The molecule has 0 spiro atoms. The van der Waals surface area contributed by atoms with E-state index in [0.717, 1.165) is 39.4 Å². The highest BCUT2D eigenvalue weighted by molar-refractivity contribution is 5.85. The molecule has 0 saturated carbocycles. The molecule has 1 atom stereocenters. The minimum Gasteiger partial charge on any atom is -0.379 e. The molecule has 0 aromatic rings. The van der Waals surface area contributed by atoms with Crippen LogP contribution >= 0.6 is 12.4 Å². The van der Waals surface area contributed by atoms with Crippen LogP contribution in [-0.4, -0.2) is 50.3 Å². The number of halogens is 1. The summed E-state index contributed by atoms with van der Waals surface area (Å²) in [6, 6.07) is 0.579. The van der Waals surface area contributed by atoms with Crippen LogP contribution in [0.4, 0.5) is 0 Å². The van der Waals surface area contributed by atoms with Crippen molar-refractivity contribution in [3.63, 3.8) is 0 Å². The molecule has 4 heteroatoms. The van der Waals surface area contributed by atoms with E-state index in [1.165, 1.54) is 0 Å². The zero-order chi connectivity index (χ0) is 11.3. The first-order chi connectivity index (χ1) is 6.99. The molecule has 0 bridgehead atoms. The third kappa shape index (κ3) is 6.69. The Balaban J connectivity index is 0.00000225. The minimum absolute atomic E-state index is 0. The molecular weight excluding hydrogens is 224 g/mol. The maximum absolute atomic E-state index is 5.41. The Kier molecular flexibility index (Phi) is 7.57. The molecule has 1 aliphatic heterocycles. The van der Waals surface area contributed by atoms with Crippen molar-refractivity contribution in [3.8, 4) is 0 Å². The fourth-order valence-electron chi connectivity index (χ4n) is 1.78. The van der Waals surface area contributed by atoms with Gasteiger partial charge in [-0.1, -0.05) is 20.8 Å². The molecule has 1 unspecified atom stereocenters. The van der Waals surface area contributed by atoms with Gasteiger partial charge in [-0.25, -0.2) is 0 Å². The quantitative estimate of drug-likeness (QED) is 0.770. The highest BCUT2D eigenvalue weighted by Crippen LogP contribution is 2.10. The van der Waals surface area contributed by atoms with Crippen molar-refractivity contribution in [1.82, 2.24) is 10.2 Å². The van der Waals surface area contributed by atoms with E-state index in [9.17, 15) is 0 Å². The van der Waals surface area contributed by atoms with Gasteiger partial charge in [0.1, 0.15) is 0 Å². The zero-order valence-corrected chi connectivity index (χ0v) is 11.9. The summed E-state index contributed by atoms with van der Waals surface area (Å²) in [7, 11) is 0. The van der Waals surface area contributed by atoms with Crippen LogP contribution in [0.15, 0.2) is 0 Å². The molecule has 0 aromatic carbocycles. The summed E-state index contributed by atoms with van der Waals surface area (Å²) >= 11 is 0. The van der Waals surface area contributed by atoms with E-state index in [2.05, 4.69) is 37.9 Å². The Morgan fingerprint density at radius 3 is 2.62 bits per heavy atom. The summed E-state index contributed by atoms with van der Waals surface area (Å²) in [6.45, 7) is 15.2. The predicted molar refractivity (Wildman–Crippen MR) is 71.4 cm³/mol. The standard InChI is InChI=1S/C12H26N2O.ClH/c1-11-9-15-8-7-14(11)6-5-13-10-12(2,3)4;/h11,13H,5-10H2,1-4H3;1H. The normalized spacial score (nSPS) is 22.9. The predicted octanol–water partition coefficient (Wildman–Crippen LogP) is 1.76. The highest BCUT2D eigenvalue weighted by atomic mass is 35.5. The molecule has 98 valence electrons. The number of hydrogen-bond donors (Lipinski definition) is 1. The SMILES string of the molecule is CC1COCCN1CCNCC(C)(C)C.Cl. The molecule has 1 heterocycles. The molecule has 1 saturated heterocycles. The second-order valence-corrected chi connectivity index (χ2v) is 5.70. The topological polar surface area (TPSA) is 24.5 Å². The summed E-state index contributed by atoms with van der Waals surface area (Å²) in [6.07, 6.45) is 0. The molecule has 1 N–H and O–H groups in total. The van der Waals surface area contributed by atoms with E-state index in [4.69, 9.17) is 4.74 Å². The van der Waals surface area contributed by atoms with Crippen LogP contribution in [0, 0.1) is 5.41 Å². The summed E-state index contributed by atoms with van der Waals surface area (Å²) in [5, 5.41) is 3.51. The molecular formula is C12H27ClN2O. The second-order valence-electron chi connectivity index (χ2n) is 5.70. The third-order valence-electron chi connectivity index (χ3n) is 2.74. The van der Waals surface area contributed by atoms with Crippen LogP contribution < -0.4 is 5.32 Å². The number of morpholine rings is 1. The van der Waals surface area contributed by atoms with Crippen LogP contribution in [0.25, 0.3) is 0 Å². The number of rotatable bonds is 4. The van der Waals surface area contributed by atoms with Gasteiger partial charge in [-0.05, 0) is 12.3 Å². The summed E-state index contributed by atoms with van der Waals surface area (Å²) in [5.74, 6) is 0. The summed E-state index contributed by atoms with van der Waals surface area (Å²) < 4.78 is 5.41. The lowest BCUT2D eigenvalue weighted by Gasteiger charge is -2.33. The van der Waals surface area contributed by atoms with Gasteiger partial charge in [0.15, 0.2) is 0 Å². The van der Waals surface area contributed by atoms with Crippen molar-refractivity contribution in [1.29, 1.82) is 0 Å². The van der Waals surface area contributed by atoms with Crippen molar-refractivity contribution in [2.45, 2.75) is 33.7 Å². The molecule has 16 heavy (non-hydrogen) atoms. The fourth-order valence-corrected chi connectivity index (χ4v) is 1.78. The Labute approximate surface area is 106 Å². The number of nitrogens with one attached hydrogen (secondary N) is 1. The van der Waals surface area contributed by atoms with Gasteiger partial charge in [0.2, 0.25) is 0 Å². The van der Waals surface area contributed by atoms with Crippen molar-refractivity contribution < 1.29 is 4.74 Å². The first kappa shape index (κ1) is 16.2. The Morgan fingerprint density at radius 1 is 1.38 bits per heavy atom. The van der Waals surface area contributed by atoms with Crippen LogP contribution in [0.3, 0.4) is 0 Å². The van der Waals surface area contributed by atoms with Gasteiger partial charge in [-0.3, -0.25) is 4.90 Å². The van der Waals surface area contributed by atoms with Crippen molar-refractivity contribution in [2.75, 3.05) is 39.4 Å². The lowest BCUT2D eigenvalue weighted by molar-refractivity contribution is 0.000268. The van der Waals surface area contributed by atoms with Crippen molar-refractivity contribution in [3.05, 3.63) is 0 Å². The third-order valence-corrected chi connectivity index (χ3v) is 2.74.